The molecule has 0 aliphatic heterocycles. The SMILES string of the molecule is Cc1nnc(NCCOC2CCC(N)CC2)nc1C. The number of anilines is 1. The summed E-state index contributed by atoms with van der Waals surface area (Å²) in [5.74, 6) is 0.567. The Balaban J connectivity index is 1.65. The Bertz CT molecular complexity index is 404. The van der Waals surface area contributed by atoms with E-state index < -0.39 is 0 Å². The Labute approximate surface area is 114 Å². The Morgan fingerprint density at radius 3 is 2.58 bits per heavy atom. The molecule has 0 aromatic carbocycles. The van der Waals surface area contributed by atoms with E-state index in [4.69, 9.17) is 10.5 Å². The molecule has 0 spiro atoms. The van der Waals surface area contributed by atoms with Crippen molar-refractivity contribution >= 4 is 5.95 Å². The summed E-state index contributed by atoms with van der Waals surface area (Å²) in [7, 11) is 0. The van der Waals surface area contributed by atoms with Crippen LogP contribution in [0.15, 0.2) is 0 Å². The summed E-state index contributed by atoms with van der Waals surface area (Å²) in [5.41, 5.74) is 7.63. The molecule has 0 amide bonds. The van der Waals surface area contributed by atoms with Crippen molar-refractivity contribution in [2.45, 2.75) is 51.7 Å². The van der Waals surface area contributed by atoms with Crippen molar-refractivity contribution < 1.29 is 4.74 Å². The van der Waals surface area contributed by atoms with Gasteiger partial charge in [0.1, 0.15) is 0 Å². The molecule has 6 nitrogen and oxygen atoms in total. The summed E-state index contributed by atoms with van der Waals surface area (Å²) < 4.78 is 5.81. The van der Waals surface area contributed by atoms with Crippen molar-refractivity contribution in [2.75, 3.05) is 18.5 Å². The smallest absolute Gasteiger partial charge is 0.243 e. The second kappa shape index (κ2) is 6.77. The lowest BCUT2D eigenvalue weighted by Gasteiger charge is -2.26. The zero-order chi connectivity index (χ0) is 13.7. The summed E-state index contributed by atoms with van der Waals surface area (Å²) in [4.78, 5) is 4.31. The van der Waals surface area contributed by atoms with E-state index in [-0.39, 0.29) is 0 Å². The maximum absolute atomic E-state index is 5.86. The Kier molecular flexibility index (Phi) is 5.04. The molecule has 1 heterocycles. The number of rotatable bonds is 5. The minimum absolute atomic E-state index is 0.361. The van der Waals surface area contributed by atoms with Crippen molar-refractivity contribution in [1.82, 2.24) is 15.2 Å². The van der Waals surface area contributed by atoms with Crippen molar-refractivity contribution in [3.63, 3.8) is 0 Å². The molecule has 106 valence electrons. The van der Waals surface area contributed by atoms with Crippen molar-refractivity contribution in [2.24, 2.45) is 5.73 Å². The Hall–Kier alpha value is -1.27. The summed E-state index contributed by atoms with van der Waals surface area (Å²) in [6.07, 6.45) is 4.65. The van der Waals surface area contributed by atoms with E-state index in [0.29, 0.717) is 31.2 Å². The van der Waals surface area contributed by atoms with Gasteiger partial charge in [-0.05, 0) is 39.5 Å². The third-order valence-electron chi connectivity index (χ3n) is 3.55. The highest BCUT2D eigenvalue weighted by molar-refractivity contribution is 5.24. The lowest BCUT2D eigenvalue weighted by Crippen LogP contribution is -2.31. The molecule has 0 radical (unpaired) electrons. The zero-order valence-electron chi connectivity index (χ0n) is 11.7. The van der Waals surface area contributed by atoms with Crippen LogP contribution >= 0.6 is 0 Å². The molecule has 1 saturated carbocycles. The van der Waals surface area contributed by atoms with E-state index >= 15 is 0 Å². The van der Waals surface area contributed by atoms with Crippen LogP contribution in [0.2, 0.25) is 0 Å². The fourth-order valence-corrected chi connectivity index (χ4v) is 2.18. The third-order valence-corrected chi connectivity index (χ3v) is 3.55. The highest BCUT2D eigenvalue weighted by Gasteiger charge is 2.18. The minimum Gasteiger partial charge on any atom is -0.376 e. The van der Waals surface area contributed by atoms with Crippen molar-refractivity contribution in [3.8, 4) is 0 Å². The van der Waals surface area contributed by atoms with Crippen molar-refractivity contribution in [1.29, 1.82) is 0 Å². The Morgan fingerprint density at radius 1 is 1.16 bits per heavy atom. The molecule has 19 heavy (non-hydrogen) atoms. The fraction of sp³-hybridized carbons (Fsp3) is 0.769. The molecule has 0 atom stereocenters. The van der Waals surface area contributed by atoms with E-state index in [1.165, 1.54) is 0 Å². The molecule has 2 rings (SSSR count). The van der Waals surface area contributed by atoms with Crippen LogP contribution in [0.4, 0.5) is 5.95 Å². The number of aromatic nitrogens is 3. The molecule has 0 bridgehead atoms. The maximum atomic E-state index is 5.86. The lowest BCUT2D eigenvalue weighted by molar-refractivity contribution is 0.0312. The van der Waals surface area contributed by atoms with Crippen LogP contribution in [0, 0.1) is 13.8 Å². The second-order valence-corrected chi connectivity index (χ2v) is 5.14. The van der Waals surface area contributed by atoms with Gasteiger partial charge in [-0.2, -0.15) is 5.10 Å². The number of nitrogens with one attached hydrogen (secondary N) is 1. The van der Waals surface area contributed by atoms with Gasteiger partial charge in [-0.1, -0.05) is 0 Å². The van der Waals surface area contributed by atoms with Gasteiger partial charge in [-0.3, -0.25) is 0 Å². The molecule has 1 fully saturated rings. The van der Waals surface area contributed by atoms with Crippen LogP contribution in [-0.4, -0.2) is 40.5 Å². The average molecular weight is 265 g/mol. The van der Waals surface area contributed by atoms with Gasteiger partial charge in [0, 0.05) is 12.6 Å². The van der Waals surface area contributed by atoms with Crippen molar-refractivity contribution in [3.05, 3.63) is 11.4 Å². The van der Waals surface area contributed by atoms with E-state index in [1.807, 2.05) is 13.8 Å². The van der Waals surface area contributed by atoms with Gasteiger partial charge < -0.3 is 15.8 Å². The predicted octanol–water partition coefficient (Wildman–Crippen LogP) is 1.19. The first kappa shape index (κ1) is 14.1. The number of ether oxygens (including phenoxy) is 1. The zero-order valence-corrected chi connectivity index (χ0v) is 11.7. The van der Waals surface area contributed by atoms with Crippen LogP contribution in [0.5, 0.6) is 0 Å². The van der Waals surface area contributed by atoms with E-state index in [0.717, 1.165) is 37.1 Å². The number of nitrogens with two attached hydrogens (primary N) is 1. The third kappa shape index (κ3) is 4.40. The van der Waals surface area contributed by atoms with Gasteiger partial charge >= 0.3 is 0 Å². The second-order valence-electron chi connectivity index (χ2n) is 5.14. The Morgan fingerprint density at radius 2 is 1.89 bits per heavy atom. The van der Waals surface area contributed by atoms with Crippen LogP contribution < -0.4 is 11.1 Å². The topological polar surface area (TPSA) is 86.0 Å². The standard InChI is InChI=1S/C13H23N5O/c1-9-10(2)17-18-13(16-9)15-7-8-19-12-5-3-11(14)4-6-12/h11-12H,3-8,14H2,1-2H3,(H,15,16,18). The molecule has 1 aliphatic carbocycles. The molecule has 3 N–H and O–H groups in total. The first-order valence-electron chi connectivity index (χ1n) is 6.94. The van der Waals surface area contributed by atoms with Crippen LogP contribution in [-0.2, 0) is 4.74 Å². The molecule has 1 aromatic heterocycles. The van der Waals surface area contributed by atoms with Gasteiger partial charge in [0.05, 0.1) is 24.1 Å². The van der Waals surface area contributed by atoms with Crippen LogP contribution in [0.25, 0.3) is 0 Å². The van der Waals surface area contributed by atoms with Crippen LogP contribution in [0.3, 0.4) is 0 Å². The minimum atomic E-state index is 0.361. The lowest BCUT2D eigenvalue weighted by atomic mass is 9.94. The first-order chi connectivity index (χ1) is 9.15. The molecule has 0 saturated heterocycles. The highest BCUT2D eigenvalue weighted by atomic mass is 16.5. The van der Waals surface area contributed by atoms with Crippen LogP contribution in [0.1, 0.15) is 37.1 Å². The molecular weight excluding hydrogens is 242 g/mol. The maximum Gasteiger partial charge on any atom is 0.243 e. The molecule has 1 aliphatic rings. The van der Waals surface area contributed by atoms with E-state index in [1.54, 1.807) is 0 Å². The summed E-state index contributed by atoms with van der Waals surface area (Å²) >= 11 is 0. The predicted molar refractivity (Wildman–Crippen MR) is 74.0 cm³/mol. The molecule has 1 aromatic rings. The summed E-state index contributed by atoms with van der Waals surface area (Å²) in [6, 6.07) is 0.369. The number of nitrogens with zero attached hydrogens (tertiary/aromatic N) is 3. The number of hydrogen-bond acceptors (Lipinski definition) is 6. The monoisotopic (exact) mass is 265 g/mol. The normalized spacial score (nSPS) is 23.3. The molecular formula is C13H23N5O. The number of hydrogen-bond donors (Lipinski definition) is 2. The largest absolute Gasteiger partial charge is 0.376 e. The van der Waals surface area contributed by atoms with Gasteiger partial charge in [0.25, 0.3) is 0 Å². The molecule has 0 unspecified atom stereocenters. The summed E-state index contributed by atoms with van der Waals surface area (Å²) in [6.45, 7) is 5.19. The average Bonchev–Trinajstić information content (AvgIpc) is 2.41. The van der Waals surface area contributed by atoms with Gasteiger partial charge in [0.15, 0.2) is 0 Å². The van der Waals surface area contributed by atoms with Gasteiger partial charge in [0.2, 0.25) is 5.95 Å². The molecule has 6 heteroatoms. The van der Waals surface area contributed by atoms with Gasteiger partial charge in [-0.25, -0.2) is 4.98 Å². The fourth-order valence-electron chi connectivity index (χ4n) is 2.18. The van der Waals surface area contributed by atoms with E-state index in [9.17, 15) is 0 Å². The first-order valence-corrected chi connectivity index (χ1v) is 6.94. The van der Waals surface area contributed by atoms with Gasteiger partial charge in [-0.15, -0.1) is 5.10 Å². The summed E-state index contributed by atoms with van der Waals surface area (Å²) in [5, 5.41) is 11.1. The van der Waals surface area contributed by atoms with E-state index in [2.05, 4.69) is 20.5 Å². The number of aryl methyl sites for hydroxylation is 2. The quantitative estimate of drug-likeness (QED) is 0.778. The highest BCUT2D eigenvalue weighted by Crippen LogP contribution is 2.19.